The molecule has 2 aromatic rings. The van der Waals surface area contributed by atoms with Gasteiger partial charge in [-0.15, -0.1) is 0 Å². The highest BCUT2D eigenvalue weighted by Gasteiger charge is 2.18. The maximum atomic E-state index is 11.1. The van der Waals surface area contributed by atoms with E-state index in [1.54, 1.807) is 20.0 Å². The number of rotatable bonds is 4. The van der Waals surface area contributed by atoms with Gasteiger partial charge in [-0.2, -0.15) is 0 Å². The fraction of sp³-hybridized carbons (Fsp3) is 0.312. The van der Waals surface area contributed by atoms with Crippen molar-refractivity contribution in [2.75, 3.05) is 5.32 Å². The van der Waals surface area contributed by atoms with Crippen LogP contribution in [0.1, 0.15) is 27.9 Å². The number of nitro groups is 1. The first kappa shape index (κ1) is 15.0. The van der Waals surface area contributed by atoms with Crippen LogP contribution in [0, 0.1) is 37.8 Å². The standard InChI is InChI=1S/C16H19N3O2/c1-10-6-5-7-11(2)15(10)18-9-14-13(4)16(19(20)21)12(3)8-17-14/h5-8,18H,9H2,1-4H3. The van der Waals surface area contributed by atoms with E-state index in [0.29, 0.717) is 23.4 Å². The number of aryl methyl sites for hydroxylation is 3. The molecular weight excluding hydrogens is 266 g/mol. The van der Waals surface area contributed by atoms with Gasteiger partial charge >= 0.3 is 0 Å². The third-order valence-electron chi connectivity index (χ3n) is 3.67. The minimum atomic E-state index is -0.338. The SMILES string of the molecule is Cc1cccc(C)c1NCc1ncc(C)c([N+](=O)[O-])c1C. The number of hydrogen-bond acceptors (Lipinski definition) is 4. The highest BCUT2D eigenvalue weighted by molar-refractivity contribution is 5.57. The highest BCUT2D eigenvalue weighted by atomic mass is 16.6. The first-order valence-corrected chi connectivity index (χ1v) is 6.81. The largest absolute Gasteiger partial charge is 0.379 e. The van der Waals surface area contributed by atoms with Crippen molar-refractivity contribution in [3.05, 3.63) is 62.5 Å². The first-order valence-electron chi connectivity index (χ1n) is 6.81. The van der Waals surface area contributed by atoms with Crippen molar-refractivity contribution in [3.8, 4) is 0 Å². The number of benzene rings is 1. The summed E-state index contributed by atoms with van der Waals surface area (Å²) in [6.07, 6.45) is 1.56. The molecule has 1 heterocycles. The second-order valence-corrected chi connectivity index (χ2v) is 5.24. The van der Waals surface area contributed by atoms with E-state index in [9.17, 15) is 10.1 Å². The number of nitrogens with one attached hydrogen (secondary N) is 1. The predicted octanol–water partition coefficient (Wildman–Crippen LogP) is 3.84. The average molecular weight is 285 g/mol. The smallest absolute Gasteiger partial charge is 0.278 e. The maximum absolute atomic E-state index is 11.1. The van der Waals surface area contributed by atoms with Crippen molar-refractivity contribution in [3.63, 3.8) is 0 Å². The molecule has 0 aliphatic heterocycles. The molecule has 0 radical (unpaired) electrons. The number of para-hydroxylation sites is 1. The van der Waals surface area contributed by atoms with Crippen molar-refractivity contribution in [1.29, 1.82) is 0 Å². The van der Waals surface area contributed by atoms with Crippen molar-refractivity contribution in [1.82, 2.24) is 4.98 Å². The van der Waals surface area contributed by atoms with Crippen LogP contribution < -0.4 is 5.32 Å². The lowest BCUT2D eigenvalue weighted by Gasteiger charge is -2.13. The Labute approximate surface area is 124 Å². The summed E-state index contributed by atoms with van der Waals surface area (Å²) in [4.78, 5) is 15.1. The zero-order valence-corrected chi connectivity index (χ0v) is 12.7. The Morgan fingerprint density at radius 1 is 1.14 bits per heavy atom. The summed E-state index contributed by atoms with van der Waals surface area (Å²) in [6.45, 7) is 8.00. The van der Waals surface area contributed by atoms with Crippen LogP contribution in [0.25, 0.3) is 0 Å². The summed E-state index contributed by atoms with van der Waals surface area (Å²) in [6, 6.07) is 6.08. The molecule has 0 fully saturated rings. The van der Waals surface area contributed by atoms with Crippen molar-refractivity contribution < 1.29 is 4.92 Å². The van der Waals surface area contributed by atoms with Crippen LogP contribution in [0.15, 0.2) is 24.4 Å². The van der Waals surface area contributed by atoms with Gasteiger partial charge in [0.05, 0.1) is 22.7 Å². The molecule has 5 heteroatoms. The van der Waals surface area contributed by atoms with Gasteiger partial charge in [-0.1, -0.05) is 18.2 Å². The van der Waals surface area contributed by atoms with E-state index in [-0.39, 0.29) is 10.6 Å². The fourth-order valence-electron chi connectivity index (χ4n) is 2.49. The van der Waals surface area contributed by atoms with E-state index < -0.39 is 0 Å². The van der Waals surface area contributed by atoms with Crippen molar-refractivity contribution in [2.45, 2.75) is 34.2 Å². The van der Waals surface area contributed by atoms with Gasteiger partial charge < -0.3 is 5.32 Å². The van der Waals surface area contributed by atoms with Crippen molar-refractivity contribution >= 4 is 11.4 Å². The molecule has 0 bridgehead atoms. The molecule has 2 rings (SSSR count). The average Bonchev–Trinajstić information content (AvgIpc) is 2.40. The molecule has 110 valence electrons. The topological polar surface area (TPSA) is 68.1 Å². The molecule has 0 saturated carbocycles. The quantitative estimate of drug-likeness (QED) is 0.684. The van der Waals surface area contributed by atoms with Crippen LogP contribution >= 0.6 is 0 Å². The normalized spacial score (nSPS) is 10.5. The van der Waals surface area contributed by atoms with Crippen LogP contribution in [0.5, 0.6) is 0 Å². The zero-order chi connectivity index (χ0) is 15.6. The number of nitrogens with zero attached hydrogens (tertiary/aromatic N) is 2. The fourth-order valence-corrected chi connectivity index (χ4v) is 2.49. The summed E-state index contributed by atoms with van der Waals surface area (Å²) < 4.78 is 0. The van der Waals surface area contributed by atoms with E-state index in [2.05, 4.69) is 10.3 Å². The van der Waals surface area contributed by atoms with E-state index in [1.807, 2.05) is 32.0 Å². The van der Waals surface area contributed by atoms with E-state index >= 15 is 0 Å². The summed E-state index contributed by atoms with van der Waals surface area (Å²) in [5, 5.41) is 14.5. The van der Waals surface area contributed by atoms with E-state index in [4.69, 9.17) is 0 Å². The van der Waals surface area contributed by atoms with Crippen LogP contribution in [0.4, 0.5) is 11.4 Å². The number of aromatic nitrogens is 1. The Morgan fingerprint density at radius 2 is 1.76 bits per heavy atom. The Balaban J connectivity index is 2.29. The summed E-state index contributed by atoms with van der Waals surface area (Å²) >= 11 is 0. The molecule has 0 saturated heterocycles. The van der Waals surface area contributed by atoms with Gasteiger partial charge in [0.1, 0.15) is 0 Å². The predicted molar refractivity (Wildman–Crippen MR) is 83.6 cm³/mol. The molecule has 1 aromatic carbocycles. The first-order chi connectivity index (χ1) is 9.91. The van der Waals surface area contributed by atoms with E-state index in [0.717, 1.165) is 16.8 Å². The molecule has 0 aliphatic rings. The molecule has 0 spiro atoms. The highest BCUT2D eigenvalue weighted by Crippen LogP contribution is 2.25. The van der Waals surface area contributed by atoms with Gasteiger partial charge in [0, 0.05) is 17.4 Å². The lowest BCUT2D eigenvalue weighted by molar-refractivity contribution is -0.386. The lowest BCUT2D eigenvalue weighted by Crippen LogP contribution is -2.08. The second kappa shape index (κ2) is 5.91. The molecule has 0 aliphatic carbocycles. The minimum Gasteiger partial charge on any atom is -0.379 e. The van der Waals surface area contributed by atoms with Gasteiger partial charge in [-0.25, -0.2) is 0 Å². The Kier molecular flexibility index (Phi) is 4.21. The zero-order valence-electron chi connectivity index (χ0n) is 12.7. The molecule has 1 aromatic heterocycles. The Bertz CT molecular complexity index is 676. The monoisotopic (exact) mass is 285 g/mol. The van der Waals surface area contributed by atoms with Gasteiger partial charge in [0.2, 0.25) is 0 Å². The third-order valence-corrected chi connectivity index (χ3v) is 3.67. The van der Waals surface area contributed by atoms with Gasteiger partial charge in [0.25, 0.3) is 5.69 Å². The molecule has 1 N–H and O–H groups in total. The van der Waals surface area contributed by atoms with Gasteiger partial charge in [0.15, 0.2) is 0 Å². The molecule has 0 unspecified atom stereocenters. The second-order valence-electron chi connectivity index (χ2n) is 5.24. The van der Waals surface area contributed by atoms with Crippen LogP contribution in [0.3, 0.4) is 0 Å². The van der Waals surface area contributed by atoms with E-state index in [1.165, 1.54) is 0 Å². The summed E-state index contributed by atoms with van der Waals surface area (Å²) in [5.74, 6) is 0. The van der Waals surface area contributed by atoms with Crippen LogP contribution in [-0.2, 0) is 6.54 Å². The van der Waals surface area contributed by atoms with Gasteiger partial charge in [-0.05, 0) is 38.8 Å². The number of hydrogen-bond donors (Lipinski definition) is 1. The van der Waals surface area contributed by atoms with Crippen LogP contribution in [0.2, 0.25) is 0 Å². The van der Waals surface area contributed by atoms with Crippen LogP contribution in [-0.4, -0.2) is 9.91 Å². The Hall–Kier alpha value is -2.43. The molecular formula is C16H19N3O2. The maximum Gasteiger partial charge on any atom is 0.278 e. The molecule has 0 atom stereocenters. The minimum absolute atomic E-state index is 0.156. The van der Waals surface area contributed by atoms with Gasteiger partial charge in [-0.3, -0.25) is 15.1 Å². The summed E-state index contributed by atoms with van der Waals surface area (Å²) in [7, 11) is 0. The molecule has 5 nitrogen and oxygen atoms in total. The summed E-state index contributed by atoms with van der Waals surface area (Å²) in [5.41, 5.74) is 5.43. The Morgan fingerprint density at radius 3 is 2.33 bits per heavy atom. The lowest BCUT2D eigenvalue weighted by atomic mass is 10.1. The number of anilines is 1. The van der Waals surface area contributed by atoms with Crippen molar-refractivity contribution in [2.24, 2.45) is 0 Å². The molecule has 0 amide bonds. The third kappa shape index (κ3) is 3.02. The number of pyridine rings is 1. The molecule has 21 heavy (non-hydrogen) atoms.